The molecular weight excluding hydrogens is 312 g/mol. The highest BCUT2D eigenvalue weighted by Crippen LogP contribution is 2.21. The molecule has 6 nitrogen and oxygen atoms in total. The van der Waals surface area contributed by atoms with Gasteiger partial charge in [0.05, 0.1) is 5.75 Å². The largest absolute Gasteiger partial charge is 0.367 e. The van der Waals surface area contributed by atoms with Crippen molar-refractivity contribution in [2.24, 2.45) is 5.92 Å². The van der Waals surface area contributed by atoms with Crippen molar-refractivity contribution in [3.05, 3.63) is 17.1 Å². The van der Waals surface area contributed by atoms with Crippen LogP contribution in [0.3, 0.4) is 0 Å². The second-order valence-electron chi connectivity index (χ2n) is 6.82. The van der Waals surface area contributed by atoms with E-state index in [1.54, 1.807) is 4.31 Å². The molecule has 0 amide bonds. The van der Waals surface area contributed by atoms with Gasteiger partial charge in [0.25, 0.3) is 0 Å². The Morgan fingerprint density at radius 2 is 1.78 bits per heavy atom. The van der Waals surface area contributed by atoms with Gasteiger partial charge in [-0.25, -0.2) is 22.7 Å². The van der Waals surface area contributed by atoms with Gasteiger partial charge in [0.15, 0.2) is 0 Å². The van der Waals surface area contributed by atoms with Gasteiger partial charge in [-0.3, -0.25) is 0 Å². The molecule has 0 aromatic carbocycles. The maximum atomic E-state index is 12.3. The molecule has 1 aliphatic rings. The number of nitrogens with zero attached hydrogens (tertiary/aromatic N) is 3. The SMILES string of the molecule is Cc1nc(C)c(C)c(NC2CCN(S(=O)(=O)CC(C)C)CC2)n1. The Bertz CT molecular complexity index is 650. The first-order valence-corrected chi connectivity index (χ1v) is 9.86. The van der Waals surface area contributed by atoms with Crippen molar-refractivity contribution >= 4 is 15.8 Å². The molecule has 1 saturated heterocycles. The summed E-state index contributed by atoms with van der Waals surface area (Å²) in [5.74, 6) is 2.02. The molecule has 2 heterocycles. The van der Waals surface area contributed by atoms with Gasteiger partial charge in [0.1, 0.15) is 11.6 Å². The third-order valence-electron chi connectivity index (χ3n) is 4.23. The molecule has 7 heteroatoms. The number of sulfonamides is 1. The van der Waals surface area contributed by atoms with Gasteiger partial charge in [0, 0.05) is 30.4 Å². The molecule has 0 atom stereocenters. The fourth-order valence-corrected chi connectivity index (χ4v) is 4.73. The van der Waals surface area contributed by atoms with Crippen LogP contribution >= 0.6 is 0 Å². The molecule has 1 aromatic heterocycles. The minimum atomic E-state index is -3.12. The van der Waals surface area contributed by atoms with Crippen LogP contribution in [0.5, 0.6) is 0 Å². The second kappa shape index (κ2) is 7.13. The van der Waals surface area contributed by atoms with E-state index in [1.165, 1.54) is 0 Å². The molecule has 0 saturated carbocycles. The highest BCUT2D eigenvalue weighted by molar-refractivity contribution is 7.89. The predicted octanol–water partition coefficient (Wildman–Crippen LogP) is 2.26. The smallest absolute Gasteiger partial charge is 0.214 e. The van der Waals surface area contributed by atoms with Gasteiger partial charge in [-0.2, -0.15) is 0 Å². The number of aromatic nitrogens is 2. The van der Waals surface area contributed by atoms with E-state index < -0.39 is 10.0 Å². The van der Waals surface area contributed by atoms with Crippen molar-refractivity contribution in [2.75, 3.05) is 24.2 Å². The van der Waals surface area contributed by atoms with Crippen LogP contribution in [-0.4, -0.2) is 47.6 Å². The first-order valence-electron chi connectivity index (χ1n) is 8.25. The van der Waals surface area contributed by atoms with Crippen LogP contribution < -0.4 is 5.32 Å². The van der Waals surface area contributed by atoms with Crippen molar-refractivity contribution in [1.29, 1.82) is 0 Å². The molecule has 23 heavy (non-hydrogen) atoms. The summed E-state index contributed by atoms with van der Waals surface area (Å²) < 4.78 is 26.2. The van der Waals surface area contributed by atoms with E-state index in [4.69, 9.17) is 0 Å². The highest BCUT2D eigenvalue weighted by Gasteiger charge is 2.28. The summed E-state index contributed by atoms with van der Waals surface area (Å²) in [6, 6.07) is 0.257. The van der Waals surface area contributed by atoms with Gasteiger partial charge in [-0.1, -0.05) is 13.8 Å². The van der Waals surface area contributed by atoms with Gasteiger partial charge in [0.2, 0.25) is 10.0 Å². The summed E-state index contributed by atoms with van der Waals surface area (Å²) in [5, 5.41) is 3.47. The molecule has 2 rings (SSSR count). The standard InChI is InChI=1S/C16H28N4O2S/c1-11(2)10-23(21,22)20-8-6-15(7-9-20)19-16-12(3)13(4)17-14(5)18-16/h11,15H,6-10H2,1-5H3,(H,17,18,19). The van der Waals surface area contributed by atoms with Crippen LogP contribution in [0.2, 0.25) is 0 Å². The Morgan fingerprint density at radius 1 is 1.17 bits per heavy atom. The average molecular weight is 340 g/mol. The molecule has 1 aromatic rings. The molecule has 0 aliphatic carbocycles. The van der Waals surface area contributed by atoms with Crippen LogP contribution in [0.15, 0.2) is 0 Å². The summed E-state index contributed by atoms with van der Waals surface area (Å²) in [4.78, 5) is 8.84. The Hall–Kier alpha value is -1.21. The van der Waals surface area contributed by atoms with E-state index in [0.29, 0.717) is 13.1 Å². The van der Waals surface area contributed by atoms with E-state index in [2.05, 4.69) is 15.3 Å². The number of anilines is 1. The lowest BCUT2D eigenvalue weighted by Gasteiger charge is -2.32. The fourth-order valence-electron chi connectivity index (χ4n) is 2.91. The maximum Gasteiger partial charge on any atom is 0.214 e. The number of aryl methyl sites for hydroxylation is 2. The lowest BCUT2D eigenvalue weighted by molar-refractivity contribution is 0.327. The number of hydrogen-bond donors (Lipinski definition) is 1. The van der Waals surface area contributed by atoms with Crippen molar-refractivity contribution in [3.8, 4) is 0 Å². The van der Waals surface area contributed by atoms with Crippen LogP contribution in [-0.2, 0) is 10.0 Å². The Morgan fingerprint density at radius 3 is 2.35 bits per heavy atom. The zero-order valence-corrected chi connectivity index (χ0v) is 15.6. The van der Waals surface area contributed by atoms with Crippen LogP contribution in [0, 0.1) is 26.7 Å². The topological polar surface area (TPSA) is 75.2 Å². The summed E-state index contributed by atoms with van der Waals surface area (Å²) in [6.07, 6.45) is 1.61. The molecule has 0 spiro atoms. The summed E-state index contributed by atoms with van der Waals surface area (Å²) >= 11 is 0. The third-order valence-corrected chi connectivity index (χ3v) is 6.47. The minimum absolute atomic E-state index is 0.158. The van der Waals surface area contributed by atoms with E-state index in [9.17, 15) is 8.42 Å². The molecule has 1 fully saturated rings. The van der Waals surface area contributed by atoms with Gasteiger partial charge < -0.3 is 5.32 Å². The highest BCUT2D eigenvalue weighted by atomic mass is 32.2. The lowest BCUT2D eigenvalue weighted by Crippen LogP contribution is -2.44. The van der Waals surface area contributed by atoms with Crippen LogP contribution in [0.4, 0.5) is 5.82 Å². The fraction of sp³-hybridized carbons (Fsp3) is 0.750. The van der Waals surface area contributed by atoms with Crippen LogP contribution in [0.1, 0.15) is 43.8 Å². The van der Waals surface area contributed by atoms with Gasteiger partial charge >= 0.3 is 0 Å². The van der Waals surface area contributed by atoms with Gasteiger partial charge in [-0.05, 0) is 39.5 Å². The molecular formula is C16H28N4O2S. The van der Waals surface area contributed by atoms with E-state index in [0.717, 1.165) is 35.7 Å². The third kappa shape index (κ3) is 4.64. The van der Waals surface area contributed by atoms with Crippen molar-refractivity contribution in [3.63, 3.8) is 0 Å². The number of rotatable bonds is 5. The number of hydrogen-bond acceptors (Lipinski definition) is 5. The molecule has 0 bridgehead atoms. The quantitative estimate of drug-likeness (QED) is 0.890. The number of piperidine rings is 1. The zero-order chi connectivity index (χ0) is 17.2. The molecule has 1 N–H and O–H groups in total. The molecule has 1 aliphatic heterocycles. The minimum Gasteiger partial charge on any atom is -0.367 e. The summed E-state index contributed by atoms with van der Waals surface area (Å²) in [6.45, 7) is 10.9. The van der Waals surface area contributed by atoms with E-state index in [-0.39, 0.29) is 17.7 Å². The Balaban J connectivity index is 1.98. The monoisotopic (exact) mass is 340 g/mol. The molecule has 130 valence electrons. The van der Waals surface area contributed by atoms with Crippen molar-refractivity contribution in [2.45, 2.75) is 53.5 Å². The predicted molar refractivity (Wildman–Crippen MR) is 93.1 cm³/mol. The van der Waals surface area contributed by atoms with Crippen LogP contribution in [0.25, 0.3) is 0 Å². The molecule has 0 radical (unpaired) electrons. The van der Waals surface area contributed by atoms with Gasteiger partial charge in [-0.15, -0.1) is 0 Å². The molecule has 0 unspecified atom stereocenters. The van der Waals surface area contributed by atoms with Crippen molar-refractivity contribution < 1.29 is 8.42 Å². The second-order valence-corrected chi connectivity index (χ2v) is 8.83. The first kappa shape index (κ1) is 18.1. The zero-order valence-electron chi connectivity index (χ0n) is 14.8. The average Bonchev–Trinajstić information content (AvgIpc) is 2.43. The lowest BCUT2D eigenvalue weighted by atomic mass is 10.1. The normalized spacial score (nSPS) is 17.7. The van der Waals surface area contributed by atoms with Crippen molar-refractivity contribution in [1.82, 2.24) is 14.3 Å². The maximum absolute atomic E-state index is 12.3. The number of nitrogens with one attached hydrogen (secondary N) is 1. The van der Waals surface area contributed by atoms with E-state index in [1.807, 2.05) is 34.6 Å². The Labute approximate surface area is 139 Å². The summed E-state index contributed by atoms with van der Waals surface area (Å²) in [5.41, 5.74) is 2.04. The summed E-state index contributed by atoms with van der Waals surface area (Å²) in [7, 11) is -3.12. The Kier molecular flexibility index (Phi) is 5.62. The first-order chi connectivity index (χ1) is 10.7. The van der Waals surface area contributed by atoms with E-state index >= 15 is 0 Å².